The molecule has 1 amide bonds. The minimum absolute atomic E-state index is 0.366. The average molecular weight is 508 g/mol. The Morgan fingerprint density at radius 3 is 2.68 bits per heavy atom. The summed E-state index contributed by atoms with van der Waals surface area (Å²) in [5.41, 5.74) is 8.65. The lowest BCUT2D eigenvalue weighted by Crippen LogP contribution is -2.56. The number of nitrogens with zero attached hydrogens (tertiary/aromatic N) is 5. The summed E-state index contributed by atoms with van der Waals surface area (Å²) in [7, 11) is 0. The number of nitriles is 1. The molecule has 38 heavy (non-hydrogen) atoms. The first kappa shape index (κ1) is 24.4. The van der Waals surface area contributed by atoms with Crippen LogP contribution >= 0.6 is 0 Å². The first-order valence-electron chi connectivity index (χ1n) is 13.6. The Morgan fingerprint density at radius 1 is 1.00 bits per heavy atom. The number of benzene rings is 1. The molecule has 1 saturated carbocycles. The third-order valence-electron chi connectivity index (χ3n) is 8.47. The van der Waals surface area contributed by atoms with E-state index in [-0.39, 0.29) is 0 Å². The number of pyridine rings is 2. The molecule has 3 N–H and O–H groups in total. The first-order valence-corrected chi connectivity index (χ1v) is 13.6. The molecule has 1 aromatic carbocycles. The van der Waals surface area contributed by atoms with Crippen LogP contribution in [0.3, 0.4) is 0 Å². The van der Waals surface area contributed by atoms with Gasteiger partial charge in [0.1, 0.15) is 17.7 Å². The predicted octanol–water partition coefficient (Wildman–Crippen LogP) is 3.73. The number of primary amides is 1. The molecule has 4 atom stereocenters. The van der Waals surface area contributed by atoms with Gasteiger partial charge in [0.2, 0.25) is 5.91 Å². The zero-order valence-electron chi connectivity index (χ0n) is 21.5. The van der Waals surface area contributed by atoms with Crippen molar-refractivity contribution < 1.29 is 4.79 Å². The zero-order chi connectivity index (χ0) is 26.1. The van der Waals surface area contributed by atoms with E-state index in [1.165, 1.54) is 19.3 Å². The van der Waals surface area contributed by atoms with Crippen LogP contribution in [0.25, 0.3) is 11.1 Å². The fourth-order valence-electron chi connectivity index (χ4n) is 6.60. The maximum absolute atomic E-state index is 11.8. The number of hydrogen-bond donors (Lipinski definition) is 2. The van der Waals surface area contributed by atoms with Crippen molar-refractivity contribution in [3.63, 3.8) is 0 Å². The van der Waals surface area contributed by atoms with Gasteiger partial charge in [-0.25, -0.2) is 9.97 Å². The van der Waals surface area contributed by atoms with Crippen LogP contribution in [0.2, 0.25) is 0 Å². The molecule has 4 heterocycles. The fourth-order valence-corrected chi connectivity index (χ4v) is 6.60. The highest BCUT2D eigenvalue weighted by Crippen LogP contribution is 2.37. The molecule has 0 radical (unpaired) electrons. The minimum Gasteiger partial charge on any atom is -0.366 e. The number of rotatable bonds is 4. The number of carbonyl (C=O) groups is 1. The van der Waals surface area contributed by atoms with Gasteiger partial charge in [0, 0.05) is 61.6 Å². The van der Waals surface area contributed by atoms with Crippen LogP contribution in [0.5, 0.6) is 0 Å². The quantitative estimate of drug-likeness (QED) is 0.553. The van der Waals surface area contributed by atoms with Crippen molar-refractivity contribution in [2.24, 2.45) is 11.7 Å². The second kappa shape index (κ2) is 10.4. The van der Waals surface area contributed by atoms with Crippen molar-refractivity contribution in [2.75, 3.05) is 29.4 Å². The molecule has 2 aromatic heterocycles. The summed E-state index contributed by atoms with van der Waals surface area (Å²) in [5, 5.41) is 13.1. The van der Waals surface area contributed by atoms with Gasteiger partial charge < -0.3 is 20.9 Å². The van der Waals surface area contributed by atoms with E-state index in [4.69, 9.17) is 16.0 Å². The van der Waals surface area contributed by atoms with Gasteiger partial charge in [-0.05, 0) is 66.8 Å². The van der Waals surface area contributed by atoms with Gasteiger partial charge in [-0.3, -0.25) is 4.79 Å². The molecule has 8 heteroatoms. The number of nitrogens with two attached hydrogens (primary N) is 1. The van der Waals surface area contributed by atoms with Crippen LogP contribution in [-0.2, 0) is 0 Å². The number of nitrogens with one attached hydrogen (secondary N) is 1. The third kappa shape index (κ3) is 4.70. The monoisotopic (exact) mass is 507 g/mol. The largest absolute Gasteiger partial charge is 0.366 e. The van der Waals surface area contributed by atoms with E-state index in [0.717, 1.165) is 55.2 Å². The molecule has 4 unspecified atom stereocenters. The second-order valence-electron chi connectivity index (χ2n) is 10.7. The molecule has 3 aliphatic rings. The molecular formula is C30H33N7O. The number of fused-ring (bicyclic) bond motifs is 2. The molecule has 0 bridgehead atoms. The van der Waals surface area contributed by atoms with Gasteiger partial charge in [-0.15, -0.1) is 0 Å². The van der Waals surface area contributed by atoms with Crippen LogP contribution in [0, 0.1) is 17.2 Å². The summed E-state index contributed by atoms with van der Waals surface area (Å²) in [6.45, 7) is 2.79. The molecule has 3 fully saturated rings. The average Bonchev–Trinajstić information content (AvgIpc) is 3.14. The molecule has 3 aromatic rings. The molecular weight excluding hydrogens is 474 g/mol. The van der Waals surface area contributed by atoms with Crippen molar-refractivity contribution in [2.45, 2.75) is 50.2 Å². The molecule has 6 rings (SSSR count). The number of hydrogen-bond acceptors (Lipinski definition) is 7. The summed E-state index contributed by atoms with van der Waals surface area (Å²) >= 11 is 0. The van der Waals surface area contributed by atoms with Crippen molar-refractivity contribution in [1.29, 1.82) is 5.26 Å². The van der Waals surface area contributed by atoms with Crippen molar-refractivity contribution >= 4 is 17.5 Å². The van der Waals surface area contributed by atoms with E-state index in [9.17, 15) is 4.79 Å². The normalized spacial score (nSPS) is 25.0. The Hall–Kier alpha value is -3.96. The summed E-state index contributed by atoms with van der Waals surface area (Å²) in [4.78, 5) is 26.3. The highest BCUT2D eigenvalue weighted by Gasteiger charge is 2.43. The van der Waals surface area contributed by atoms with E-state index in [2.05, 4.69) is 32.2 Å². The number of anilines is 2. The topological polar surface area (TPSA) is 111 Å². The number of carbonyl (C=O) groups excluding carboxylic acids is 1. The smallest absolute Gasteiger partial charge is 0.248 e. The molecule has 194 valence electrons. The third-order valence-corrected chi connectivity index (χ3v) is 8.47. The van der Waals surface area contributed by atoms with E-state index < -0.39 is 5.91 Å². The van der Waals surface area contributed by atoms with Crippen molar-refractivity contribution in [1.82, 2.24) is 15.3 Å². The van der Waals surface area contributed by atoms with Crippen LogP contribution < -0.4 is 20.9 Å². The summed E-state index contributed by atoms with van der Waals surface area (Å²) in [6.07, 6.45) is 9.40. The summed E-state index contributed by atoms with van der Waals surface area (Å²) < 4.78 is 0. The molecule has 0 spiro atoms. The molecule has 8 nitrogen and oxygen atoms in total. The summed E-state index contributed by atoms with van der Waals surface area (Å²) in [6, 6.07) is 18.9. The van der Waals surface area contributed by atoms with Gasteiger partial charge in [0.25, 0.3) is 0 Å². The van der Waals surface area contributed by atoms with Crippen LogP contribution in [0.4, 0.5) is 11.6 Å². The van der Waals surface area contributed by atoms with E-state index in [0.29, 0.717) is 35.2 Å². The highest BCUT2D eigenvalue weighted by molar-refractivity contribution is 5.94. The van der Waals surface area contributed by atoms with Gasteiger partial charge >= 0.3 is 0 Å². The Kier molecular flexibility index (Phi) is 6.69. The van der Waals surface area contributed by atoms with E-state index in [1.54, 1.807) is 12.3 Å². The minimum atomic E-state index is -0.420. The van der Waals surface area contributed by atoms with E-state index >= 15 is 0 Å². The van der Waals surface area contributed by atoms with Gasteiger partial charge in [-0.1, -0.05) is 25.0 Å². The van der Waals surface area contributed by atoms with Gasteiger partial charge in [0.05, 0.1) is 5.56 Å². The zero-order valence-corrected chi connectivity index (χ0v) is 21.5. The molecule has 2 aliphatic heterocycles. The lowest BCUT2D eigenvalue weighted by Gasteiger charge is -2.47. The van der Waals surface area contributed by atoms with Crippen molar-refractivity contribution in [3.8, 4) is 17.2 Å². The van der Waals surface area contributed by atoms with Crippen molar-refractivity contribution in [3.05, 3.63) is 72.1 Å². The Morgan fingerprint density at radius 2 is 1.87 bits per heavy atom. The fraction of sp³-hybridized carbons (Fsp3) is 0.400. The van der Waals surface area contributed by atoms with Gasteiger partial charge in [0.15, 0.2) is 0 Å². The van der Waals surface area contributed by atoms with Gasteiger partial charge in [-0.2, -0.15) is 5.26 Å². The Labute approximate surface area is 223 Å². The Bertz CT molecular complexity index is 1350. The number of aromatic nitrogens is 2. The Balaban J connectivity index is 1.33. The number of amides is 1. The standard InChI is InChI=1S/C30H33N7O/c31-16-20-8-9-28(35-17-20)36-13-11-26-24(19-36)18-34-25-6-1-2-7-27(25)37(26)29-15-22(10-12-33-29)21-4-3-5-23(14-21)30(32)38/h3-5,8-10,12,14-15,17,24-27,34H,1-2,6-7,11,13,18-19H2,(H2,32,38). The first-order chi connectivity index (χ1) is 18.6. The van der Waals surface area contributed by atoms with Crippen LogP contribution in [-0.4, -0.2) is 53.6 Å². The molecule has 1 aliphatic carbocycles. The predicted molar refractivity (Wildman–Crippen MR) is 148 cm³/mol. The van der Waals surface area contributed by atoms with E-state index in [1.807, 2.05) is 42.6 Å². The number of piperidine rings is 1. The highest BCUT2D eigenvalue weighted by atomic mass is 16.1. The maximum atomic E-state index is 11.8. The maximum Gasteiger partial charge on any atom is 0.248 e. The lowest BCUT2D eigenvalue weighted by atomic mass is 9.86. The SMILES string of the molecule is N#Cc1ccc(N2CCC3C(CNC4CCCCC4N3c3cc(-c4cccc(C(N)=O)c4)ccn3)C2)nc1. The lowest BCUT2D eigenvalue weighted by molar-refractivity contribution is 0.100. The van der Waals surface area contributed by atoms with Crippen LogP contribution in [0.15, 0.2) is 60.9 Å². The summed E-state index contributed by atoms with van der Waals surface area (Å²) in [5.74, 6) is 1.93. The van der Waals surface area contributed by atoms with Crippen LogP contribution in [0.1, 0.15) is 48.0 Å². The second-order valence-corrected chi connectivity index (χ2v) is 10.7. The molecule has 2 saturated heterocycles.